The summed E-state index contributed by atoms with van der Waals surface area (Å²) in [7, 11) is 0. The molecule has 0 aliphatic heterocycles. The molecule has 27 heavy (non-hydrogen) atoms. The molecule has 0 saturated heterocycles. The summed E-state index contributed by atoms with van der Waals surface area (Å²) in [6.45, 7) is 5.00. The lowest BCUT2D eigenvalue weighted by molar-refractivity contribution is -0.116. The van der Waals surface area contributed by atoms with Crippen molar-refractivity contribution in [3.05, 3.63) is 16.0 Å². The minimum Gasteiger partial charge on any atom is -0.393 e. The molecule has 1 aromatic rings. The predicted molar refractivity (Wildman–Crippen MR) is 113 cm³/mol. The summed E-state index contributed by atoms with van der Waals surface area (Å²) in [6.07, 6.45) is 11.8. The average Bonchev–Trinajstić information content (AvgIpc) is 2.93. The van der Waals surface area contributed by atoms with Crippen molar-refractivity contribution < 1.29 is 5.11 Å². The molecule has 3 saturated carbocycles. The van der Waals surface area contributed by atoms with E-state index in [0.717, 1.165) is 42.0 Å². The third-order valence-electron chi connectivity index (χ3n) is 9.16. The Morgan fingerprint density at radius 3 is 2.70 bits per heavy atom. The Balaban J connectivity index is 1.54. The van der Waals surface area contributed by atoms with Gasteiger partial charge in [0.1, 0.15) is 5.03 Å². The summed E-state index contributed by atoms with van der Waals surface area (Å²) in [5.74, 6) is 3.07. The van der Waals surface area contributed by atoms with Crippen molar-refractivity contribution in [1.82, 2.24) is 9.97 Å². The van der Waals surface area contributed by atoms with Gasteiger partial charge in [0.2, 0.25) is 0 Å². The van der Waals surface area contributed by atoms with Crippen LogP contribution >= 0.6 is 24.0 Å². The number of aliphatic hydroxyl groups excluding tert-OH is 1. The Kier molecular flexibility index (Phi) is 4.35. The zero-order valence-electron chi connectivity index (χ0n) is 16.8. The molecule has 1 aromatic heterocycles. The summed E-state index contributed by atoms with van der Waals surface area (Å²) < 4.78 is 0.646. The first kappa shape index (κ1) is 18.6. The van der Waals surface area contributed by atoms with Crippen LogP contribution in [0.3, 0.4) is 0 Å². The molecule has 0 bridgehead atoms. The van der Waals surface area contributed by atoms with Gasteiger partial charge in [0, 0.05) is 16.7 Å². The standard InChI is InChI=1S/C22H32N2OS2/c1-21-9-8-16-14(7-5-12-4-6-13(25)11-22(12,16)2)17(21)10-15-18(21)23-20(26)24-19(15)27-3/h12-14,16-17,25H,4-11H2,1-3H3,(H,23,24,26)/t12-,13-,14-,16+,17+,21+,22+/m1/s1. The van der Waals surface area contributed by atoms with E-state index in [1.54, 1.807) is 11.8 Å². The first-order valence-corrected chi connectivity index (χ1v) is 12.4. The first-order chi connectivity index (χ1) is 12.9. The molecule has 3 fully saturated rings. The van der Waals surface area contributed by atoms with Crippen molar-refractivity contribution in [2.75, 3.05) is 6.26 Å². The Hall–Kier alpha value is -0.390. The summed E-state index contributed by atoms with van der Waals surface area (Å²) >= 11 is 7.21. The number of thioether (sulfide) groups is 1. The normalized spacial score (nSPS) is 45.6. The number of H-pyrrole nitrogens is 1. The Morgan fingerprint density at radius 1 is 1.15 bits per heavy atom. The van der Waals surface area contributed by atoms with Gasteiger partial charge in [0.05, 0.1) is 6.10 Å². The van der Waals surface area contributed by atoms with Crippen molar-refractivity contribution in [3.8, 4) is 0 Å². The number of nitrogens with zero attached hydrogens (tertiary/aromatic N) is 1. The molecule has 0 spiro atoms. The molecule has 4 aliphatic rings. The summed E-state index contributed by atoms with van der Waals surface area (Å²) in [5.41, 5.74) is 3.39. The van der Waals surface area contributed by atoms with Crippen molar-refractivity contribution in [2.24, 2.45) is 29.1 Å². The van der Waals surface area contributed by atoms with E-state index in [0.29, 0.717) is 16.1 Å². The Labute approximate surface area is 172 Å². The van der Waals surface area contributed by atoms with Gasteiger partial charge in [-0.1, -0.05) is 13.8 Å². The van der Waals surface area contributed by atoms with E-state index < -0.39 is 0 Å². The molecule has 1 heterocycles. The van der Waals surface area contributed by atoms with Crippen LogP contribution in [-0.2, 0) is 11.8 Å². The van der Waals surface area contributed by atoms with Crippen LogP contribution in [0.2, 0.25) is 0 Å². The molecule has 7 atom stereocenters. The number of nitrogens with one attached hydrogen (secondary N) is 1. The highest BCUT2D eigenvalue weighted by Gasteiger charge is 2.59. The molecule has 3 nitrogen and oxygen atoms in total. The number of rotatable bonds is 1. The number of aliphatic hydroxyl groups is 1. The van der Waals surface area contributed by atoms with E-state index in [4.69, 9.17) is 12.2 Å². The van der Waals surface area contributed by atoms with Gasteiger partial charge in [-0.05, 0) is 98.9 Å². The minimum absolute atomic E-state index is 0.0810. The van der Waals surface area contributed by atoms with Crippen molar-refractivity contribution >= 4 is 24.0 Å². The molecule has 5 rings (SSSR count). The fourth-order valence-corrected chi connectivity index (χ4v) is 8.75. The second-order valence-electron chi connectivity index (χ2n) is 10.2. The van der Waals surface area contributed by atoms with Gasteiger partial charge in [0.25, 0.3) is 0 Å². The fourth-order valence-electron chi connectivity index (χ4n) is 7.88. The van der Waals surface area contributed by atoms with E-state index in [9.17, 15) is 5.11 Å². The fraction of sp³-hybridized carbons (Fsp3) is 0.818. The van der Waals surface area contributed by atoms with E-state index in [1.165, 1.54) is 43.4 Å². The van der Waals surface area contributed by atoms with Crippen molar-refractivity contribution in [2.45, 2.75) is 81.8 Å². The van der Waals surface area contributed by atoms with Crippen LogP contribution in [0.25, 0.3) is 0 Å². The molecular weight excluding hydrogens is 372 g/mol. The summed E-state index contributed by atoms with van der Waals surface area (Å²) in [6, 6.07) is 0. The van der Waals surface area contributed by atoms with Crippen LogP contribution in [-0.4, -0.2) is 27.4 Å². The number of hydrogen-bond donors (Lipinski definition) is 2. The molecule has 0 unspecified atom stereocenters. The number of aromatic amines is 1. The molecular formula is C22H32N2OS2. The van der Waals surface area contributed by atoms with Crippen LogP contribution in [0, 0.1) is 33.9 Å². The summed E-state index contributed by atoms with van der Waals surface area (Å²) in [5, 5.41) is 11.6. The lowest BCUT2D eigenvalue weighted by Crippen LogP contribution is -2.54. The van der Waals surface area contributed by atoms with Gasteiger partial charge >= 0.3 is 0 Å². The van der Waals surface area contributed by atoms with E-state index in [-0.39, 0.29) is 11.5 Å². The maximum absolute atomic E-state index is 10.5. The molecule has 5 heteroatoms. The van der Waals surface area contributed by atoms with Crippen LogP contribution in [0.1, 0.15) is 70.1 Å². The molecule has 2 N–H and O–H groups in total. The predicted octanol–water partition coefficient (Wildman–Crippen LogP) is 5.28. The van der Waals surface area contributed by atoms with Gasteiger partial charge in [-0.3, -0.25) is 0 Å². The second kappa shape index (κ2) is 6.30. The van der Waals surface area contributed by atoms with Gasteiger partial charge in [-0.25, -0.2) is 4.98 Å². The third-order valence-corrected chi connectivity index (χ3v) is 10.1. The highest BCUT2D eigenvalue weighted by Crippen LogP contribution is 2.65. The number of hydrogen-bond acceptors (Lipinski definition) is 4. The van der Waals surface area contributed by atoms with Crippen molar-refractivity contribution in [1.29, 1.82) is 0 Å². The lowest BCUT2D eigenvalue weighted by atomic mass is 9.45. The van der Waals surface area contributed by atoms with E-state index in [1.807, 2.05) is 0 Å². The zero-order chi connectivity index (χ0) is 19.0. The largest absolute Gasteiger partial charge is 0.393 e. The zero-order valence-corrected chi connectivity index (χ0v) is 18.4. The number of aromatic nitrogens is 2. The Morgan fingerprint density at radius 2 is 1.93 bits per heavy atom. The second-order valence-corrected chi connectivity index (χ2v) is 11.3. The smallest absolute Gasteiger partial charge is 0.198 e. The van der Waals surface area contributed by atoms with Crippen LogP contribution in [0.15, 0.2) is 5.03 Å². The Bertz CT molecular complexity index is 823. The van der Waals surface area contributed by atoms with E-state index >= 15 is 0 Å². The monoisotopic (exact) mass is 404 g/mol. The minimum atomic E-state index is -0.0810. The molecule has 0 radical (unpaired) electrons. The molecule has 148 valence electrons. The highest BCUT2D eigenvalue weighted by atomic mass is 32.2. The topological polar surface area (TPSA) is 48.9 Å². The van der Waals surface area contributed by atoms with Crippen LogP contribution < -0.4 is 0 Å². The number of fused-ring (bicyclic) bond motifs is 7. The SMILES string of the molecule is CSc1nc(=S)[nH]c2c1C[C@H]1[C@@H]3CC[C@H]4CC[C@@H](O)C[C@]4(C)[C@H]3CC[C@]21C. The van der Waals surface area contributed by atoms with Gasteiger partial charge in [-0.2, -0.15) is 0 Å². The lowest BCUT2D eigenvalue weighted by Gasteiger charge is -2.60. The third kappa shape index (κ3) is 2.56. The maximum Gasteiger partial charge on any atom is 0.198 e. The molecule has 0 aromatic carbocycles. The molecule has 0 amide bonds. The van der Waals surface area contributed by atoms with Crippen molar-refractivity contribution in [3.63, 3.8) is 0 Å². The average molecular weight is 405 g/mol. The summed E-state index contributed by atoms with van der Waals surface area (Å²) in [4.78, 5) is 8.16. The van der Waals surface area contributed by atoms with Crippen LogP contribution in [0.5, 0.6) is 0 Å². The van der Waals surface area contributed by atoms with Gasteiger partial charge in [-0.15, -0.1) is 11.8 Å². The van der Waals surface area contributed by atoms with Crippen LogP contribution in [0.4, 0.5) is 0 Å². The molecule has 4 aliphatic carbocycles. The van der Waals surface area contributed by atoms with Gasteiger partial charge in [0.15, 0.2) is 4.77 Å². The highest BCUT2D eigenvalue weighted by molar-refractivity contribution is 7.98. The van der Waals surface area contributed by atoms with Gasteiger partial charge < -0.3 is 10.1 Å². The quantitative estimate of drug-likeness (QED) is 0.380. The van der Waals surface area contributed by atoms with E-state index in [2.05, 4.69) is 30.1 Å². The maximum atomic E-state index is 10.5. The first-order valence-electron chi connectivity index (χ1n) is 10.7.